The standard InChI is InChI=1S/C45H86O6/c1-7-40(5)32-26-20-14-10-12-16-24-30-36-45(48)51-42(38-50-44(47)35-29-23-18-17-21-27-33-41(6)8-2)37-49-43(46)34-28-22-15-11-9-13-19-25-31-39(3)4/h39-42H,7-38H2,1-6H3/t40?,41?,42-/m1/s1. The summed E-state index contributed by atoms with van der Waals surface area (Å²) in [5.74, 6) is 1.59. The van der Waals surface area contributed by atoms with Crippen LogP contribution in [0.1, 0.15) is 234 Å². The van der Waals surface area contributed by atoms with E-state index in [4.69, 9.17) is 14.2 Å². The number of hydrogen-bond donors (Lipinski definition) is 0. The van der Waals surface area contributed by atoms with Crippen LogP contribution in [0.5, 0.6) is 0 Å². The molecule has 0 aromatic rings. The summed E-state index contributed by atoms with van der Waals surface area (Å²) in [6.45, 7) is 13.6. The fourth-order valence-electron chi connectivity index (χ4n) is 6.46. The maximum atomic E-state index is 12.7. The lowest BCUT2D eigenvalue weighted by atomic mass is 9.99. The van der Waals surface area contributed by atoms with Crippen LogP contribution in [0.15, 0.2) is 0 Å². The average molecular weight is 723 g/mol. The minimum Gasteiger partial charge on any atom is -0.462 e. The van der Waals surface area contributed by atoms with Gasteiger partial charge in [-0.15, -0.1) is 0 Å². The lowest BCUT2D eigenvalue weighted by Gasteiger charge is -2.18. The molecule has 0 heterocycles. The number of ether oxygens (including phenoxy) is 3. The molecule has 0 radical (unpaired) electrons. The van der Waals surface area contributed by atoms with Crippen LogP contribution in [0.2, 0.25) is 0 Å². The average Bonchev–Trinajstić information content (AvgIpc) is 3.11. The van der Waals surface area contributed by atoms with Crippen LogP contribution in [-0.2, 0) is 28.6 Å². The summed E-state index contributed by atoms with van der Waals surface area (Å²) in [4.78, 5) is 37.6. The fourth-order valence-corrected chi connectivity index (χ4v) is 6.46. The van der Waals surface area contributed by atoms with Gasteiger partial charge in [-0.1, -0.05) is 196 Å². The van der Waals surface area contributed by atoms with Crippen LogP contribution < -0.4 is 0 Å². The molecule has 2 unspecified atom stereocenters. The Bertz CT molecular complexity index is 796. The van der Waals surface area contributed by atoms with E-state index in [0.29, 0.717) is 19.3 Å². The third-order valence-electron chi connectivity index (χ3n) is 10.6. The van der Waals surface area contributed by atoms with Crippen LogP contribution in [0.25, 0.3) is 0 Å². The smallest absolute Gasteiger partial charge is 0.306 e. The predicted octanol–water partition coefficient (Wildman–Crippen LogP) is 13.7. The number of hydrogen-bond acceptors (Lipinski definition) is 6. The topological polar surface area (TPSA) is 78.9 Å². The van der Waals surface area contributed by atoms with Gasteiger partial charge >= 0.3 is 17.9 Å². The van der Waals surface area contributed by atoms with Gasteiger partial charge in [0.2, 0.25) is 0 Å². The van der Waals surface area contributed by atoms with E-state index in [9.17, 15) is 14.4 Å². The molecular weight excluding hydrogens is 636 g/mol. The van der Waals surface area contributed by atoms with Crippen molar-refractivity contribution in [2.75, 3.05) is 13.2 Å². The first kappa shape index (κ1) is 49.4. The largest absolute Gasteiger partial charge is 0.462 e. The molecule has 0 saturated heterocycles. The summed E-state index contributed by atoms with van der Waals surface area (Å²) in [5, 5.41) is 0. The summed E-state index contributed by atoms with van der Waals surface area (Å²) < 4.78 is 16.7. The quantitative estimate of drug-likeness (QED) is 0.0359. The zero-order valence-electron chi connectivity index (χ0n) is 34.9. The molecule has 0 amide bonds. The zero-order chi connectivity index (χ0) is 37.8. The lowest BCUT2D eigenvalue weighted by Crippen LogP contribution is -2.30. The Morgan fingerprint density at radius 3 is 1.02 bits per heavy atom. The fraction of sp³-hybridized carbons (Fsp3) is 0.933. The predicted molar refractivity (Wildman–Crippen MR) is 215 cm³/mol. The van der Waals surface area contributed by atoms with Crippen LogP contribution in [0, 0.1) is 17.8 Å². The molecule has 0 N–H and O–H groups in total. The van der Waals surface area contributed by atoms with Crippen molar-refractivity contribution in [2.24, 2.45) is 17.8 Å². The summed E-state index contributed by atoms with van der Waals surface area (Å²) >= 11 is 0. The highest BCUT2D eigenvalue weighted by Gasteiger charge is 2.19. The first-order valence-corrected chi connectivity index (χ1v) is 22.2. The van der Waals surface area contributed by atoms with E-state index < -0.39 is 6.10 Å². The monoisotopic (exact) mass is 723 g/mol. The molecule has 0 aromatic carbocycles. The molecule has 0 fully saturated rings. The SMILES string of the molecule is CCC(C)CCCCCCCCCCC(=O)O[C@H](COC(=O)CCCCCCCCCCC(C)C)COC(=O)CCCCCCCCC(C)CC. The van der Waals surface area contributed by atoms with E-state index in [1.54, 1.807) is 0 Å². The van der Waals surface area contributed by atoms with Crippen molar-refractivity contribution >= 4 is 17.9 Å². The van der Waals surface area contributed by atoms with Crippen LogP contribution in [-0.4, -0.2) is 37.2 Å². The Kier molecular flexibility index (Phi) is 35.6. The summed E-state index contributed by atoms with van der Waals surface area (Å²) in [6.07, 6.45) is 32.3. The number of esters is 3. The molecule has 6 heteroatoms. The molecule has 3 atom stereocenters. The van der Waals surface area contributed by atoms with E-state index >= 15 is 0 Å². The van der Waals surface area contributed by atoms with Crippen molar-refractivity contribution in [3.8, 4) is 0 Å². The highest BCUT2D eigenvalue weighted by molar-refractivity contribution is 5.71. The third kappa shape index (κ3) is 36.6. The maximum Gasteiger partial charge on any atom is 0.306 e. The Labute approximate surface area is 317 Å². The highest BCUT2D eigenvalue weighted by atomic mass is 16.6. The first-order valence-electron chi connectivity index (χ1n) is 22.2. The van der Waals surface area contributed by atoms with Crippen molar-refractivity contribution in [3.05, 3.63) is 0 Å². The van der Waals surface area contributed by atoms with Crippen LogP contribution >= 0.6 is 0 Å². The summed E-state index contributed by atoms with van der Waals surface area (Å²) in [6, 6.07) is 0. The number of carbonyl (C=O) groups is 3. The Hall–Kier alpha value is -1.59. The lowest BCUT2D eigenvalue weighted by molar-refractivity contribution is -0.167. The second kappa shape index (κ2) is 36.8. The number of rotatable bonds is 38. The van der Waals surface area contributed by atoms with Gasteiger partial charge < -0.3 is 14.2 Å². The molecule has 302 valence electrons. The Morgan fingerprint density at radius 1 is 0.392 bits per heavy atom. The molecule has 0 saturated carbocycles. The van der Waals surface area contributed by atoms with Gasteiger partial charge in [-0.3, -0.25) is 14.4 Å². The van der Waals surface area contributed by atoms with Crippen molar-refractivity contribution in [3.63, 3.8) is 0 Å². The second-order valence-electron chi connectivity index (χ2n) is 16.3. The van der Waals surface area contributed by atoms with Gasteiger partial charge in [0.1, 0.15) is 13.2 Å². The van der Waals surface area contributed by atoms with Gasteiger partial charge in [0.15, 0.2) is 6.10 Å². The van der Waals surface area contributed by atoms with E-state index in [1.165, 1.54) is 116 Å². The molecule has 0 spiro atoms. The van der Waals surface area contributed by atoms with Gasteiger partial charge in [-0.2, -0.15) is 0 Å². The molecule has 0 bridgehead atoms. The number of carbonyl (C=O) groups excluding carboxylic acids is 3. The zero-order valence-corrected chi connectivity index (χ0v) is 34.9. The molecule has 0 rings (SSSR count). The molecule has 0 aliphatic carbocycles. The molecule has 0 aliphatic rings. The van der Waals surface area contributed by atoms with Crippen LogP contribution in [0.4, 0.5) is 0 Å². The van der Waals surface area contributed by atoms with Gasteiger partial charge in [0.25, 0.3) is 0 Å². The minimum absolute atomic E-state index is 0.0675. The van der Waals surface area contributed by atoms with Crippen molar-refractivity contribution in [2.45, 2.75) is 240 Å². The molecule has 0 aromatic heterocycles. The van der Waals surface area contributed by atoms with E-state index in [0.717, 1.165) is 75.5 Å². The van der Waals surface area contributed by atoms with Crippen molar-refractivity contribution in [1.29, 1.82) is 0 Å². The van der Waals surface area contributed by atoms with E-state index in [-0.39, 0.29) is 31.1 Å². The molecule has 51 heavy (non-hydrogen) atoms. The van der Waals surface area contributed by atoms with Crippen molar-refractivity contribution in [1.82, 2.24) is 0 Å². The van der Waals surface area contributed by atoms with E-state index in [2.05, 4.69) is 41.5 Å². The Morgan fingerprint density at radius 2 is 0.686 bits per heavy atom. The number of unbranched alkanes of at least 4 members (excludes halogenated alkanes) is 19. The molecule has 6 nitrogen and oxygen atoms in total. The van der Waals surface area contributed by atoms with Gasteiger partial charge in [0, 0.05) is 19.3 Å². The third-order valence-corrected chi connectivity index (χ3v) is 10.6. The minimum atomic E-state index is -0.762. The Balaban J connectivity index is 4.38. The van der Waals surface area contributed by atoms with Crippen molar-refractivity contribution < 1.29 is 28.6 Å². The highest BCUT2D eigenvalue weighted by Crippen LogP contribution is 2.17. The second-order valence-corrected chi connectivity index (χ2v) is 16.3. The maximum absolute atomic E-state index is 12.7. The molecular formula is C45H86O6. The van der Waals surface area contributed by atoms with Gasteiger partial charge in [0.05, 0.1) is 0 Å². The normalized spacial score (nSPS) is 13.2. The summed E-state index contributed by atoms with van der Waals surface area (Å²) in [5.41, 5.74) is 0. The van der Waals surface area contributed by atoms with Gasteiger partial charge in [-0.25, -0.2) is 0 Å². The first-order chi connectivity index (χ1) is 24.7. The van der Waals surface area contributed by atoms with Gasteiger partial charge in [-0.05, 0) is 37.0 Å². The van der Waals surface area contributed by atoms with E-state index in [1.807, 2.05) is 0 Å². The molecule has 0 aliphatic heterocycles. The van der Waals surface area contributed by atoms with Crippen LogP contribution in [0.3, 0.4) is 0 Å². The summed E-state index contributed by atoms with van der Waals surface area (Å²) in [7, 11) is 0.